The molecule has 23 heavy (non-hydrogen) atoms. The first-order valence-electron chi connectivity index (χ1n) is 9.00. The fourth-order valence-corrected chi connectivity index (χ4v) is 7.08. The van der Waals surface area contributed by atoms with Gasteiger partial charge in [-0.3, -0.25) is 0 Å². The molecule has 1 heterocycles. The van der Waals surface area contributed by atoms with Gasteiger partial charge in [-0.1, -0.05) is 0 Å². The minimum absolute atomic E-state index is 0.895. The van der Waals surface area contributed by atoms with Gasteiger partial charge in [-0.05, 0) is 0 Å². The first-order chi connectivity index (χ1) is 10.9. The molecule has 2 heteroatoms. The van der Waals surface area contributed by atoms with E-state index in [9.17, 15) is 0 Å². The Morgan fingerprint density at radius 2 is 1.70 bits per heavy atom. The molecule has 1 aliphatic rings. The third-order valence-electron chi connectivity index (χ3n) is 5.13. The van der Waals surface area contributed by atoms with E-state index in [0.717, 1.165) is 11.6 Å². The van der Waals surface area contributed by atoms with Gasteiger partial charge < -0.3 is 0 Å². The van der Waals surface area contributed by atoms with Gasteiger partial charge in [0.25, 0.3) is 0 Å². The molecule has 1 nitrogen and oxygen atoms in total. The molecule has 2 aromatic rings. The summed E-state index contributed by atoms with van der Waals surface area (Å²) in [6, 6.07) is 11.2. The first-order valence-corrected chi connectivity index (χ1v) is 16.3. The molecule has 1 fully saturated rings. The van der Waals surface area contributed by atoms with Crippen LogP contribution in [-0.4, -0.2) is 18.3 Å². The van der Waals surface area contributed by atoms with E-state index in [1.54, 1.807) is 9.96 Å². The van der Waals surface area contributed by atoms with Crippen LogP contribution in [-0.2, 0) is 6.42 Å². The van der Waals surface area contributed by atoms with Crippen molar-refractivity contribution in [3.05, 3.63) is 47.7 Å². The molecule has 1 aliphatic carbocycles. The van der Waals surface area contributed by atoms with Crippen LogP contribution in [0.3, 0.4) is 0 Å². The van der Waals surface area contributed by atoms with Gasteiger partial charge in [-0.25, -0.2) is 0 Å². The van der Waals surface area contributed by atoms with Crippen molar-refractivity contribution < 1.29 is 0 Å². The molecular weight excluding hydrogens is 339 g/mol. The number of benzene rings is 1. The number of nitrogens with zero attached hydrogens (tertiary/aromatic N) is 1. The van der Waals surface area contributed by atoms with E-state index in [-0.39, 0.29) is 0 Å². The number of rotatable bonds is 4. The van der Waals surface area contributed by atoms with Gasteiger partial charge in [0.05, 0.1) is 0 Å². The summed E-state index contributed by atoms with van der Waals surface area (Å²) in [4.78, 5) is 4.83. The standard InChI is InChI=1S/C21H29GeN/c1-16-9-11-18(12-10-16)21-14-19(13-17-7-5-6-8-17)20(15-23-21)22(2,3)4/h9-12,14-15,17H,5-8,13H2,1-4H3. The van der Waals surface area contributed by atoms with Crippen LogP contribution in [0.15, 0.2) is 36.5 Å². The van der Waals surface area contributed by atoms with Crippen molar-refractivity contribution in [2.24, 2.45) is 5.92 Å². The molecule has 0 atom stereocenters. The Bertz CT molecular complexity index is 661. The van der Waals surface area contributed by atoms with Crippen molar-refractivity contribution >= 4 is 17.7 Å². The molecule has 0 N–H and O–H groups in total. The quantitative estimate of drug-likeness (QED) is 0.665. The maximum absolute atomic E-state index is 4.83. The van der Waals surface area contributed by atoms with Crippen LogP contribution in [0.5, 0.6) is 0 Å². The van der Waals surface area contributed by atoms with Crippen LogP contribution in [0, 0.1) is 12.8 Å². The predicted octanol–water partition coefficient (Wildman–Crippen LogP) is 5.33. The van der Waals surface area contributed by atoms with Gasteiger partial charge in [-0.15, -0.1) is 0 Å². The van der Waals surface area contributed by atoms with E-state index in [1.165, 1.54) is 43.2 Å². The van der Waals surface area contributed by atoms with Crippen LogP contribution in [0.4, 0.5) is 0 Å². The molecule has 0 unspecified atom stereocenters. The maximum atomic E-state index is 4.83. The van der Waals surface area contributed by atoms with E-state index in [1.807, 2.05) is 0 Å². The summed E-state index contributed by atoms with van der Waals surface area (Å²) < 4.78 is 1.60. The Balaban J connectivity index is 1.97. The van der Waals surface area contributed by atoms with Crippen molar-refractivity contribution in [1.29, 1.82) is 0 Å². The summed E-state index contributed by atoms with van der Waals surface area (Å²) >= 11 is -1.87. The minimum atomic E-state index is -1.87. The van der Waals surface area contributed by atoms with Crippen molar-refractivity contribution in [2.45, 2.75) is 56.3 Å². The zero-order valence-electron chi connectivity index (χ0n) is 15.0. The Hall–Kier alpha value is -1.09. The van der Waals surface area contributed by atoms with Crippen molar-refractivity contribution in [2.75, 3.05) is 0 Å². The number of pyridine rings is 1. The molecular formula is C21H29GeN. The number of hydrogen-bond donors (Lipinski definition) is 0. The molecule has 0 saturated heterocycles. The zero-order chi connectivity index (χ0) is 16.4. The molecule has 0 spiro atoms. The van der Waals surface area contributed by atoms with Crippen molar-refractivity contribution in [3.63, 3.8) is 0 Å². The van der Waals surface area contributed by atoms with Crippen LogP contribution in [0.1, 0.15) is 36.8 Å². The zero-order valence-corrected chi connectivity index (χ0v) is 17.1. The normalized spacial score (nSPS) is 16.0. The van der Waals surface area contributed by atoms with E-state index in [2.05, 4.69) is 60.7 Å². The average molecular weight is 368 g/mol. The van der Waals surface area contributed by atoms with Gasteiger partial charge >= 0.3 is 144 Å². The van der Waals surface area contributed by atoms with E-state index in [4.69, 9.17) is 4.98 Å². The van der Waals surface area contributed by atoms with Crippen molar-refractivity contribution in [1.82, 2.24) is 4.98 Å². The molecule has 1 aromatic carbocycles. The van der Waals surface area contributed by atoms with Crippen LogP contribution in [0.2, 0.25) is 17.3 Å². The molecule has 0 amide bonds. The Labute approximate surface area is 143 Å². The first kappa shape index (κ1) is 16.8. The fraction of sp³-hybridized carbons (Fsp3) is 0.476. The summed E-state index contributed by atoms with van der Waals surface area (Å²) in [5.41, 5.74) is 5.29. The second-order valence-electron chi connectivity index (χ2n) is 8.20. The van der Waals surface area contributed by atoms with Gasteiger partial charge in [0.2, 0.25) is 0 Å². The van der Waals surface area contributed by atoms with E-state index >= 15 is 0 Å². The van der Waals surface area contributed by atoms with Gasteiger partial charge in [0.15, 0.2) is 0 Å². The average Bonchev–Trinajstić information content (AvgIpc) is 3.00. The molecule has 0 bridgehead atoms. The van der Waals surface area contributed by atoms with Crippen LogP contribution >= 0.6 is 0 Å². The Morgan fingerprint density at radius 3 is 2.30 bits per heavy atom. The summed E-state index contributed by atoms with van der Waals surface area (Å²) in [7, 11) is 0. The summed E-state index contributed by atoms with van der Waals surface area (Å²) in [5, 5.41) is 0. The second kappa shape index (κ2) is 6.80. The molecule has 122 valence electrons. The number of aromatic nitrogens is 1. The summed E-state index contributed by atoms with van der Waals surface area (Å²) in [5.74, 6) is 8.36. The molecule has 0 radical (unpaired) electrons. The third-order valence-corrected chi connectivity index (χ3v) is 9.46. The van der Waals surface area contributed by atoms with Gasteiger partial charge in [0, 0.05) is 0 Å². The number of aryl methyl sites for hydroxylation is 1. The summed E-state index contributed by atoms with van der Waals surface area (Å²) in [6.45, 7) is 2.14. The number of hydrogen-bond acceptors (Lipinski definition) is 1. The molecule has 0 aliphatic heterocycles. The Kier molecular flexibility index (Phi) is 4.96. The second-order valence-corrected chi connectivity index (χ2v) is 18.8. The molecule has 1 saturated carbocycles. The monoisotopic (exact) mass is 369 g/mol. The van der Waals surface area contributed by atoms with Gasteiger partial charge in [0.1, 0.15) is 0 Å². The van der Waals surface area contributed by atoms with Gasteiger partial charge in [-0.2, -0.15) is 0 Å². The molecule has 3 rings (SSSR count). The SMILES string of the molecule is Cc1ccc(-c2cc(CC3CCCC3)[c]([Ge]([CH3])([CH3])[CH3])cn2)cc1. The Morgan fingerprint density at radius 1 is 1.04 bits per heavy atom. The fourth-order valence-electron chi connectivity index (χ4n) is 3.75. The molecule has 1 aromatic heterocycles. The van der Waals surface area contributed by atoms with E-state index in [0.29, 0.717) is 0 Å². The third kappa shape index (κ3) is 4.06. The van der Waals surface area contributed by atoms with Crippen LogP contribution in [0.25, 0.3) is 11.3 Å². The topological polar surface area (TPSA) is 12.9 Å². The van der Waals surface area contributed by atoms with E-state index < -0.39 is 13.3 Å². The summed E-state index contributed by atoms with van der Waals surface area (Å²) in [6.07, 6.45) is 9.15. The van der Waals surface area contributed by atoms with Crippen molar-refractivity contribution in [3.8, 4) is 11.3 Å². The van der Waals surface area contributed by atoms with Crippen LogP contribution < -0.4 is 4.40 Å². The predicted molar refractivity (Wildman–Crippen MR) is 103 cm³/mol.